The molecule has 0 fully saturated rings. The molecule has 0 aliphatic carbocycles. The number of thiazole rings is 2. The Morgan fingerprint density at radius 1 is 0.783 bits per heavy atom. The van der Waals surface area contributed by atoms with Gasteiger partial charge in [-0.15, -0.1) is 0 Å². The van der Waals surface area contributed by atoms with Gasteiger partial charge in [-0.2, -0.15) is 0 Å². The van der Waals surface area contributed by atoms with E-state index in [2.05, 4.69) is 60.2 Å². The molecule has 0 aliphatic rings. The third-order valence-electron chi connectivity index (χ3n) is 4.25. The first-order valence-electron chi connectivity index (χ1n) is 7.26. The highest BCUT2D eigenvalue weighted by Crippen LogP contribution is 2.36. The Balaban J connectivity index is 1.84. The van der Waals surface area contributed by atoms with Gasteiger partial charge in [0, 0.05) is 5.41 Å². The summed E-state index contributed by atoms with van der Waals surface area (Å²) in [5.74, 6) is 0. The lowest BCUT2D eigenvalue weighted by molar-refractivity contribution is 0.642. The average molecular weight is 340 g/mol. The lowest BCUT2D eigenvalue weighted by atomic mass is 9.78. The van der Waals surface area contributed by atoms with Crippen LogP contribution in [-0.4, -0.2) is 9.97 Å². The fourth-order valence-electron chi connectivity index (χ4n) is 2.83. The van der Waals surface area contributed by atoms with Crippen molar-refractivity contribution in [1.29, 1.82) is 0 Å². The second kappa shape index (κ2) is 4.91. The van der Waals surface area contributed by atoms with E-state index in [1.165, 1.54) is 33.8 Å². The Hall–Kier alpha value is -2.18. The van der Waals surface area contributed by atoms with Crippen molar-refractivity contribution in [3.8, 4) is 0 Å². The van der Waals surface area contributed by atoms with Crippen LogP contribution >= 0.6 is 22.7 Å². The van der Waals surface area contributed by atoms with E-state index in [1.807, 2.05) is 0 Å². The number of rotatable bonds is 2. The van der Waals surface area contributed by atoms with E-state index in [0.717, 1.165) is 20.4 Å². The van der Waals surface area contributed by atoms with Crippen molar-refractivity contribution in [1.82, 2.24) is 9.97 Å². The molecular formula is C17H16N4S2. The zero-order valence-electron chi connectivity index (χ0n) is 12.8. The quantitative estimate of drug-likeness (QED) is 0.567. The summed E-state index contributed by atoms with van der Waals surface area (Å²) in [7, 11) is 0. The van der Waals surface area contributed by atoms with Gasteiger partial charge in [0.05, 0.1) is 20.4 Å². The summed E-state index contributed by atoms with van der Waals surface area (Å²) >= 11 is 3.03. The Labute approximate surface area is 141 Å². The molecule has 4 rings (SSSR count). The molecule has 0 bridgehead atoms. The molecule has 0 saturated carbocycles. The van der Waals surface area contributed by atoms with Crippen LogP contribution in [0.5, 0.6) is 0 Å². The van der Waals surface area contributed by atoms with Crippen molar-refractivity contribution in [3.63, 3.8) is 0 Å². The first-order valence-corrected chi connectivity index (χ1v) is 8.90. The van der Waals surface area contributed by atoms with Crippen LogP contribution in [0.15, 0.2) is 36.4 Å². The Morgan fingerprint density at radius 3 is 1.65 bits per heavy atom. The summed E-state index contributed by atoms with van der Waals surface area (Å²) in [5.41, 5.74) is 15.8. The van der Waals surface area contributed by atoms with E-state index in [4.69, 9.17) is 11.5 Å². The van der Waals surface area contributed by atoms with Crippen LogP contribution in [0.1, 0.15) is 25.0 Å². The molecule has 0 amide bonds. The molecule has 116 valence electrons. The normalized spacial score (nSPS) is 12.3. The van der Waals surface area contributed by atoms with Crippen LogP contribution in [0.2, 0.25) is 0 Å². The topological polar surface area (TPSA) is 77.8 Å². The molecule has 0 aliphatic heterocycles. The Kier molecular flexibility index (Phi) is 3.08. The van der Waals surface area contributed by atoms with Gasteiger partial charge in [0.15, 0.2) is 10.3 Å². The third-order valence-corrected chi connectivity index (χ3v) is 5.98. The van der Waals surface area contributed by atoms with Gasteiger partial charge in [0.2, 0.25) is 0 Å². The van der Waals surface area contributed by atoms with Gasteiger partial charge in [0.25, 0.3) is 0 Å². The summed E-state index contributed by atoms with van der Waals surface area (Å²) in [5, 5.41) is 1.21. The fourth-order valence-corrected chi connectivity index (χ4v) is 4.26. The van der Waals surface area contributed by atoms with Crippen LogP contribution in [0, 0.1) is 0 Å². The molecule has 2 aromatic carbocycles. The predicted molar refractivity (Wildman–Crippen MR) is 100 cm³/mol. The zero-order valence-corrected chi connectivity index (χ0v) is 14.5. The highest BCUT2D eigenvalue weighted by Gasteiger charge is 2.24. The molecule has 0 radical (unpaired) electrons. The van der Waals surface area contributed by atoms with Crippen LogP contribution in [0.3, 0.4) is 0 Å². The van der Waals surface area contributed by atoms with E-state index >= 15 is 0 Å². The maximum Gasteiger partial charge on any atom is 0.181 e. The van der Waals surface area contributed by atoms with Crippen molar-refractivity contribution in [2.75, 3.05) is 11.5 Å². The maximum absolute atomic E-state index is 5.81. The summed E-state index contributed by atoms with van der Waals surface area (Å²) in [4.78, 5) is 8.81. The first-order chi connectivity index (χ1) is 10.9. The van der Waals surface area contributed by atoms with Crippen molar-refractivity contribution in [2.24, 2.45) is 0 Å². The fraction of sp³-hybridized carbons (Fsp3) is 0.176. The number of hydrogen-bond acceptors (Lipinski definition) is 6. The van der Waals surface area contributed by atoms with Crippen LogP contribution in [0.4, 0.5) is 10.3 Å². The average Bonchev–Trinajstić information content (AvgIpc) is 3.05. The largest absolute Gasteiger partial charge is 0.375 e. The van der Waals surface area contributed by atoms with E-state index in [9.17, 15) is 0 Å². The lowest BCUT2D eigenvalue weighted by Gasteiger charge is -2.26. The summed E-state index contributed by atoms with van der Waals surface area (Å²) in [6.45, 7) is 4.42. The molecule has 2 heterocycles. The van der Waals surface area contributed by atoms with Gasteiger partial charge >= 0.3 is 0 Å². The van der Waals surface area contributed by atoms with Gasteiger partial charge in [0.1, 0.15) is 0 Å². The second-order valence-corrected chi connectivity index (χ2v) is 8.22. The molecular weight excluding hydrogens is 324 g/mol. The standard InChI is InChI=1S/C17H16N4S2/c1-17(2,9-3-5-13-11(7-9)20-15(18)22-13)10-4-6-14-12(8-10)21-16(19)23-14/h3-8H,1-2H3,(H2,18,20)(H2,19,21). The molecule has 2 aromatic heterocycles. The Bertz CT molecular complexity index is 948. The number of nitrogens with two attached hydrogens (primary N) is 2. The molecule has 23 heavy (non-hydrogen) atoms. The van der Waals surface area contributed by atoms with E-state index in [0.29, 0.717) is 10.3 Å². The monoisotopic (exact) mass is 340 g/mol. The van der Waals surface area contributed by atoms with Gasteiger partial charge in [-0.25, -0.2) is 9.97 Å². The lowest BCUT2D eigenvalue weighted by Crippen LogP contribution is -2.18. The zero-order chi connectivity index (χ0) is 16.2. The Morgan fingerprint density at radius 2 is 1.22 bits per heavy atom. The number of anilines is 2. The molecule has 4 aromatic rings. The number of nitrogens with zero attached hydrogens (tertiary/aromatic N) is 2. The van der Waals surface area contributed by atoms with Gasteiger partial charge < -0.3 is 11.5 Å². The van der Waals surface area contributed by atoms with Crippen molar-refractivity contribution >= 4 is 53.4 Å². The number of fused-ring (bicyclic) bond motifs is 2. The summed E-state index contributed by atoms with van der Waals surface area (Å²) < 4.78 is 2.23. The van der Waals surface area contributed by atoms with Crippen LogP contribution in [-0.2, 0) is 5.41 Å². The molecule has 0 saturated heterocycles. The predicted octanol–water partition coefficient (Wildman–Crippen LogP) is 4.40. The molecule has 0 spiro atoms. The molecule has 0 unspecified atom stereocenters. The van der Waals surface area contributed by atoms with E-state index in [1.54, 1.807) is 0 Å². The number of aromatic nitrogens is 2. The number of hydrogen-bond donors (Lipinski definition) is 2. The summed E-state index contributed by atoms with van der Waals surface area (Å²) in [6, 6.07) is 12.8. The van der Waals surface area contributed by atoms with E-state index < -0.39 is 0 Å². The molecule has 6 heteroatoms. The maximum atomic E-state index is 5.81. The second-order valence-electron chi connectivity index (χ2n) is 6.09. The highest BCUT2D eigenvalue weighted by atomic mass is 32.1. The first kappa shape index (κ1) is 14.4. The smallest absolute Gasteiger partial charge is 0.181 e. The van der Waals surface area contributed by atoms with Crippen molar-refractivity contribution < 1.29 is 0 Å². The molecule has 4 N–H and O–H groups in total. The summed E-state index contributed by atoms with van der Waals surface area (Å²) in [6.07, 6.45) is 0. The van der Waals surface area contributed by atoms with Gasteiger partial charge in [-0.05, 0) is 35.4 Å². The van der Waals surface area contributed by atoms with Crippen LogP contribution in [0.25, 0.3) is 20.4 Å². The highest BCUT2D eigenvalue weighted by molar-refractivity contribution is 7.22. The minimum Gasteiger partial charge on any atom is -0.375 e. The number of nitrogen functional groups attached to an aromatic ring is 2. The van der Waals surface area contributed by atoms with Crippen LogP contribution < -0.4 is 11.5 Å². The molecule has 0 atom stereocenters. The van der Waals surface area contributed by atoms with Crippen molar-refractivity contribution in [2.45, 2.75) is 19.3 Å². The van der Waals surface area contributed by atoms with Crippen molar-refractivity contribution in [3.05, 3.63) is 47.5 Å². The van der Waals surface area contributed by atoms with Gasteiger partial charge in [-0.1, -0.05) is 48.7 Å². The minimum atomic E-state index is -0.154. The van der Waals surface area contributed by atoms with E-state index in [-0.39, 0.29) is 5.41 Å². The number of benzene rings is 2. The minimum absolute atomic E-state index is 0.154. The van der Waals surface area contributed by atoms with Gasteiger partial charge in [-0.3, -0.25) is 0 Å². The SMILES string of the molecule is CC(C)(c1ccc2sc(N)nc2c1)c1ccc2sc(N)nc2c1. The third kappa shape index (κ3) is 2.34. The molecule has 4 nitrogen and oxygen atoms in total.